The minimum absolute atomic E-state index is 0.142. The van der Waals surface area contributed by atoms with Crippen molar-refractivity contribution in [1.29, 1.82) is 0 Å². The highest BCUT2D eigenvalue weighted by atomic mass is 16.5. The molecule has 0 aliphatic rings. The third-order valence-corrected chi connectivity index (χ3v) is 2.12. The van der Waals surface area contributed by atoms with Gasteiger partial charge in [-0.3, -0.25) is 4.79 Å². The lowest BCUT2D eigenvalue weighted by Gasteiger charge is -2.08. The van der Waals surface area contributed by atoms with Crippen LogP contribution in [0.5, 0.6) is 5.75 Å². The molecular formula is C12H15NO2. The Balaban J connectivity index is 3.08. The molecule has 0 atom stereocenters. The zero-order valence-electron chi connectivity index (χ0n) is 9.04. The topological polar surface area (TPSA) is 38.3 Å². The van der Waals surface area contributed by atoms with Crippen molar-refractivity contribution < 1.29 is 9.53 Å². The molecule has 3 heteroatoms. The van der Waals surface area contributed by atoms with Gasteiger partial charge in [0.1, 0.15) is 5.75 Å². The molecule has 1 aromatic carbocycles. The first kappa shape index (κ1) is 11.3. The Morgan fingerprint density at radius 1 is 1.60 bits per heavy atom. The Morgan fingerprint density at radius 2 is 2.33 bits per heavy atom. The van der Waals surface area contributed by atoms with Crippen LogP contribution in [0.4, 0.5) is 0 Å². The average Bonchev–Trinajstić information content (AvgIpc) is 2.28. The molecule has 0 aromatic heterocycles. The minimum atomic E-state index is -0.142. The summed E-state index contributed by atoms with van der Waals surface area (Å²) >= 11 is 0. The number of benzene rings is 1. The number of ether oxygens (including phenoxy) is 1. The van der Waals surface area contributed by atoms with Crippen LogP contribution in [0, 0.1) is 0 Å². The second-order valence-electron chi connectivity index (χ2n) is 3.11. The van der Waals surface area contributed by atoms with Crippen LogP contribution in [0.1, 0.15) is 15.9 Å². The fourth-order valence-electron chi connectivity index (χ4n) is 1.35. The molecule has 0 saturated heterocycles. The first-order valence-electron chi connectivity index (χ1n) is 4.72. The van der Waals surface area contributed by atoms with Crippen LogP contribution < -0.4 is 10.1 Å². The Morgan fingerprint density at radius 3 is 2.87 bits per heavy atom. The van der Waals surface area contributed by atoms with E-state index >= 15 is 0 Å². The summed E-state index contributed by atoms with van der Waals surface area (Å²) < 4.78 is 5.16. The van der Waals surface area contributed by atoms with Gasteiger partial charge < -0.3 is 10.1 Å². The van der Waals surface area contributed by atoms with E-state index in [4.69, 9.17) is 4.74 Å². The van der Waals surface area contributed by atoms with Gasteiger partial charge in [-0.2, -0.15) is 0 Å². The first-order valence-corrected chi connectivity index (χ1v) is 4.72. The first-order chi connectivity index (χ1) is 7.22. The summed E-state index contributed by atoms with van der Waals surface area (Å²) in [6.07, 6.45) is 2.58. The SMILES string of the molecule is C=CCc1ccc(C(=O)NC)c(OC)c1. The number of methoxy groups -OCH3 is 1. The van der Waals surface area contributed by atoms with Gasteiger partial charge in [0.25, 0.3) is 5.91 Å². The van der Waals surface area contributed by atoms with E-state index in [-0.39, 0.29) is 5.91 Å². The molecule has 0 saturated carbocycles. The van der Waals surface area contributed by atoms with Crippen molar-refractivity contribution in [3.8, 4) is 5.75 Å². The third kappa shape index (κ3) is 2.59. The van der Waals surface area contributed by atoms with Gasteiger partial charge in [-0.15, -0.1) is 6.58 Å². The van der Waals surface area contributed by atoms with E-state index in [0.29, 0.717) is 11.3 Å². The van der Waals surface area contributed by atoms with Gasteiger partial charge in [-0.1, -0.05) is 12.1 Å². The number of hydrogen-bond acceptors (Lipinski definition) is 2. The number of carbonyl (C=O) groups excluding carboxylic acids is 1. The van der Waals surface area contributed by atoms with Gasteiger partial charge in [0.2, 0.25) is 0 Å². The Hall–Kier alpha value is -1.77. The van der Waals surface area contributed by atoms with Crippen molar-refractivity contribution in [2.75, 3.05) is 14.2 Å². The quantitative estimate of drug-likeness (QED) is 0.761. The lowest BCUT2D eigenvalue weighted by Crippen LogP contribution is -2.18. The predicted molar refractivity (Wildman–Crippen MR) is 60.3 cm³/mol. The van der Waals surface area contributed by atoms with Crippen molar-refractivity contribution in [2.24, 2.45) is 0 Å². The molecule has 0 spiro atoms. The molecule has 0 bridgehead atoms. The molecule has 0 heterocycles. The zero-order valence-corrected chi connectivity index (χ0v) is 9.04. The molecule has 1 aromatic rings. The molecule has 15 heavy (non-hydrogen) atoms. The van der Waals surface area contributed by atoms with Crippen LogP contribution in [0.3, 0.4) is 0 Å². The van der Waals surface area contributed by atoms with Crippen LogP contribution in [-0.2, 0) is 6.42 Å². The van der Waals surface area contributed by atoms with E-state index in [9.17, 15) is 4.79 Å². The molecule has 0 fully saturated rings. The number of hydrogen-bond donors (Lipinski definition) is 1. The number of allylic oxidation sites excluding steroid dienone is 1. The molecule has 80 valence electrons. The van der Waals surface area contributed by atoms with Crippen molar-refractivity contribution in [3.05, 3.63) is 42.0 Å². The van der Waals surface area contributed by atoms with E-state index in [1.807, 2.05) is 18.2 Å². The maximum atomic E-state index is 11.5. The fraction of sp³-hybridized carbons (Fsp3) is 0.250. The highest BCUT2D eigenvalue weighted by molar-refractivity contribution is 5.96. The summed E-state index contributed by atoms with van der Waals surface area (Å²) in [5.74, 6) is 0.450. The maximum absolute atomic E-state index is 11.5. The third-order valence-electron chi connectivity index (χ3n) is 2.12. The number of carbonyl (C=O) groups is 1. The van der Waals surface area contributed by atoms with Crippen molar-refractivity contribution >= 4 is 5.91 Å². The summed E-state index contributed by atoms with van der Waals surface area (Å²) in [4.78, 5) is 11.5. The summed E-state index contributed by atoms with van der Waals surface area (Å²) in [5.41, 5.74) is 1.63. The highest BCUT2D eigenvalue weighted by Gasteiger charge is 2.10. The van der Waals surface area contributed by atoms with Crippen LogP contribution in [-0.4, -0.2) is 20.1 Å². The minimum Gasteiger partial charge on any atom is -0.496 e. The van der Waals surface area contributed by atoms with E-state index in [1.165, 1.54) is 0 Å². The second-order valence-corrected chi connectivity index (χ2v) is 3.11. The summed E-state index contributed by atoms with van der Waals surface area (Å²) in [7, 11) is 3.15. The summed E-state index contributed by atoms with van der Waals surface area (Å²) in [5, 5.41) is 2.57. The molecular weight excluding hydrogens is 190 g/mol. The average molecular weight is 205 g/mol. The maximum Gasteiger partial charge on any atom is 0.254 e. The summed E-state index contributed by atoms with van der Waals surface area (Å²) in [6, 6.07) is 5.51. The number of nitrogens with one attached hydrogen (secondary N) is 1. The van der Waals surface area contributed by atoms with Gasteiger partial charge in [-0.25, -0.2) is 0 Å². The van der Waals surface area contributed by atoms with E-state index in [0.717, 1.165) is 12.0 Å². The molecule has 1 N–H and O–H groups in total. The van der Waals surface area contributed by atoms with Crippen molar-refractivity contribution in [2.45, 2.75) is 6.42 Å². The molecule has 1 amide bonds. The van der Waals surface area contributed by atoms with E-state index in [1.54, 1.807) is 20.2 Å². The van der Waals surface area contributed by atoms with Crippen LogP contribution >= 0.6 is 0 Å². The molecule has 3 nitrogen and oxygen atoms in total. The Bertz CT molecular complexity index is 372. The van der Waals surface area contributed by atoms with Crippen molar-refractivity contribution in [1.82, 2.24) is 5.32 Å². The monoisotopic (exact) mass is 205 g/mol. The Labute approximate surface area is 89.8 Å². The lowest BCUT2D eigenvalue weighted by atomic mass is 10.1. The normalized spacial score (nSPS) is 9.47. The molecule has 0 aliphatic carbocycles. The van der Waals surface area contributed by atoms with Crippen LogP contribution in [0.2, 0.25) is 0 Å². The smallest absolute Gasteiger partial charge is 0.254 e. The molecule has 0 radical (unpaired) electrons. The molecule has 0 aliphatic heterocycles. The number of amides is 1. The second kappa shape index (κ2) is 5.20. The standard InChI is InChI=1S/C12H15NO2/c1-4-5-9-6-7-10(12(14)13-2)11(8-9)15-3/h4,6-8H,1,5H2,2-3H3,(H,13,14). The van der Waals surface area contributed by atoms with Crippen LogP contribution in [0.25, 0.3) is 0 Å². The molecule has 0 unspecified atom stereocenters. The van der Waals surface area contributed by atoms with Crippen molar-refractivity contribution in [3.63, 3.8) is 0 Å². The summed E-state index contributed by atoms with van der Waals surface area (Å²) in [6.45, 7) is 3.67. The van der Waals surface area contributed by atoms with E-state index < -0.39 is 0 Å². The Kier molecular flexibility index (Phi) is 3.92. The van der Waals surface area contributed by atoms with Gasteiger partial charge in [0.05, 0.1) is 12.7 Å². The largest absolute Gasteiger partial charge is 0.496 e. The molecule has 1 rings (SSSR count). The van der Waals surface area contributed by atoms with E-state index in [2.05, 4.69) is 11.9 Å². The van der Waals surface area contributed by atoms with Gasteiger partial charge >= 0.3 is 0 Å². The lowest BCUT2D eigenvalue weighted by molar-refractivity contribution is 0.0960. The zero-order chi connectivity index (χ0) is 11.3. The predicted octanol–water partition coefficient (Wildman–Crippen LogP) is 1.78. The highest BCUT2D eigenvalue weighted by Crippen LogP contribution is 2.20. The number of rotatable bonds is 4. The van der Waals surface area contributed by atoms with Crippen LogP contribution in [0.15, 0.2) is 30.9 Å². The van der Waals surface area contributed by atoms with Gasteiger partial charge in [-0.05, 0) is 24.1 Å². The van der Waals surface area contributed by atoms with Gasteiger partial charge in [0, 0.05) is 7.05 Å². The van der Waals surface area contributed by atoms with Gasteiger partial charge in [0.15, 0.2) is 0 Å². The fourth-order valence-corrected chi connectivity index (χ4v) is 1.35.